The number of hydrogen-bond acceptors (Lipinski definition) is 2. The number of likely N-dealkylation sites (N-methyl/N-ethyl adjacent to an activating group) is 1. The third kappa shape index (κ3) is 2.06. The highest BCUT2D eigenvalue weighted by atomic mass is 16.4. The average Bonchev–Trinajstić information content (AvgIpc) is 2.42. The number of rotatable bonds is 2. The van der Waals surface area contributed by atoms with Gasteiger partial charge in [-0.3, -0.25) is 4.79 Å². The van der Waals surface area contributed by atoms with E-state index in [0.29, 0.717) is 12.8 Å². The molecule has 0 radical (unpaired) electrons. The maximum atomic E-state index is 12.2. The number of hydrogen-bond donors (Lipinski definition) is 1. The van der Waals surface area contributed by atoms with Crippen LogP contribution in [0, 0.1) is 11.3 Å². The molecule has 0 spiro atoms. The summed E-state index contributed by atoms with van der Waals surface area (Å²) in [7, 11) is 1.84. The van der Waals surface area contributed by atoms with E-state index < -0.39 is 5.97 Å². The lowest BCUT2D eigenvalue weighted by Crippen LogP contribution is -2.48. The first-order chi connectivity index (χ1) is 8.21. The Balaban J connectivity index is 2.01. The summed E-state index contributed by atoms with van der Waals surface area (Å²) in [5, 5.41) is 8.88. The molecule has 1 saturated carbocycles. The Labute approximate surface area is 108 Å². The lowest BCUT2D eigenvalue weighted by atomic mass is 9.79. The van der Waals surface area contributed by atoms with Crippen molar-refractivity contribution in [2.75, 3.05) is 13.6 Å². The number of amides is 2. The highest BCUT2D eigenvalue weighted by molar-refractivity contribution is 5.78. The van der Waals surface area contributed by atoms with Crippen molar-refractivity contribution in [3.8, 4) is 0 Å². The van der Waals surface area contributed by atoms with Crippen molar-refractivity contribution in [1.82, 2.24) is 9.80 Å². The van der Waals surface area contributed by atoms with Gasteiger partial charge in [-0.05, 0) is 18.3 Å². The Morgan fingerprint density at radius 2 is 1.89 bits per heavy atom. The molecule has 2 aliphatic rings. The largest absolute Gasteiger partial charge is 0.481 e. The number of carboxylic acids is 1. The summed E-state index contributed by atoms with van der Waals surface area (Å²) in [5.41, 5.74) is 0.0507. The predicted molar refractivity (Wildman–Crippen MR) is 67.3 cm³/mol. The minimum atomic E-state index is -0.737. The van der Waals surface area contributed by atoms with Crippen LogP contribution in [0.1, 0.15) is 33.6 Å². The van der Waals surface area contributed by atoms with Crippen molar-refractivity contribution in [3.05, 3.63) is 0 Å². The van der Waals surface area contributed by atoms with E-state index in [-0.39, 0.29) is 29.4 Å². The lowest BCUT2D eigenvalue weighted by Gasteiger charge is -2.38. The molecule has 2 amide bonds. The molecule has 0 aromatic carbocycles. The van der Waals surface area contributed by atoms with Crippen molar-refractivity contribution in [1.29, 1.82) is 0 Å². The smallest absolute Gasteiger partial charge is 0.320 e. The number of carbonyl (C=O) groups is 2. The van der Waals surface area contributed by atoms with Gasteiger partial charge in [0.2, 0.25) is 0 Å². The molecule has 0 bridgehead atoms. The monoisotopic (exact) mass is 254 g/mol. The molecule has 1 unspecified atom stereocenters. The molecular formula is C13H22N2O3. The fourth-order valence-corrected chi connectivity index (χ4v) is 2.93. The minimum absolute atomic E-state index is 0.0452. The second-order valence-corrected chi connectivity index (χ2v) is 6.59. The minimum Gasteiger partial charge on any atom is -0.481 e. The van der Waals surface area contributed by atoms with E-state index >= 15 is 0 Å². The molecule has 5 nitrogen and oxygen atoms in total. The van der Waals surface area contributed by atoms with Crippen LogP contribution in [-0.2, 0) is 4.79 Å². The summed E-state index contributed by atoms with van der Waals surface area (Å²) < 4.78 is 0. The van der Waals surface area contributed by atoms with Crippen molar-refractivity contribution >= 4 is 12.0 Å². The Bertz CT molecular complexity index is 369. The zero-order chi connectivity index (χ0) is 13.7. The van der Waals surface area contributed by atoms with Gasteiger partial charge in [0.25, 0.3) is 0 Å². The first-order valence-corrected chi connectivity index (χ1v) is 6.48. The highest BCUT2D eigenvalue weighted by Gasteiger charge is 2.48. The number of carbonyl (C=O) groups excluding carboxylic acids is 1. The van der Waals surface area contributed by atoms with E-state index in [9.17, 15) is 9.59 Å². The van der Waals surface area contributed by atoms with Crippen molar-refractivity contribution in [2.24, 2.45) is 11.3 Å². The second-order valence-electron chi connectivity index (χ2n) is 6.59. The van der Waals surface area contributed by atoms with Crippen LogP contribution in [0.2, 0.25) is 0 Å². The zero-order valence-corrected chi connectivity index (χ0v) is 11.5. The fraction of sp³-hybridized carbons (Fsp3) is 0.846. The number of carboxylic acid groups (broad SMARTS) is 1. The van der Waals surface area contributed by atoms with E-state index in [1.54, 1.807) is 4.90 Å². The third-order valence-electron chi connectivity index (χ3n) is 4.29. The Hall–Kier alpha value is -1.26. The van der Waals surface area contributed by atoms with Gasteiger partial charge in [-0.25, -0.2) is 4.79 Å². The summed E-state index contributed by atoms with van der Waals surface area (Å²) in [6.07, 6.45) is 1.21. The summed E-state index contributed by atoms with van der Waals surface area (Å²) in [4.78, 5) is 26.6. The third-order valence-corrected chi connectivity index (χ3v) is 4.29. The van der Waals surface area contributed by atoms with Crippen LogP contribution in [0.3, 0.4) is 0 Å². The van der Waals surface area contributed by atoms with Crippen molar-refractivity contribution < 1.29 is 14.7 Å². The number of nitrogens with zero attached hydrogens (tertiary/aromatic N) is 2. The summed E-state index contributed by atoms with van der Waals surface area (Å²) in [5.74, 6) is -1.000. The maximum Gasteiger partial charge on any atom is 0.320 e. The fourth-order valence-electron chi connectivity index (χ4n) is 2.93. The molecule has 5 heteroatoms. The van der Waals surface area contributed by atoms with E-state index in [2.05, 4.69) is 20.8 Å². The quantitative estimate of drug-likeness (QED) is 0.814. The Kier molecular flexibility index (Phi) is 3.03. The molecule has 1 atom stereocenters. The highest BCUT2D eigenvalue weighted by Crippen LogP contribution is 2.37. The van der Waals surface area contributed by atoms with Gasteiger partial charge < -0.3 is 14.9 Å². The molecule has 0 aromatic rings. The van der Waals surface area contributed by atoms with Crippen LogP contribution in [0.25, 0.3) is 0 Å². The van der Waals surface area contributed by atoms with E-state index in [4.69, 9.17) is 5.11 Å². The molecule has 2 fully saturated rings. The van der Waals surface area contributed by atoms with Crippen LogP contribution in [-0.4, -0.2) is 52.6 Å². The van der Waals surface area contributed by atoms with Crippen molar-refractivity contribution in [3.63, 3.8) is 0 Å². The topological polar surface area (TPSA) is 60.9 Å². The van der Waals surface area contributed by atoms with Gasteiger partial charge in [-0.1, -0.05) is 20.8 Å². The molecule has 1 heterocycles. The van der Waals surface area contributed by atoms with Gasteiger partial charge >= 0.3 is 12.0 Å². The molecular weight excluding hydrogens is 232 g/mol. The van der Waals surface area contributed by atoms with Crippen LogP contribution in [0.4, 0.5) is 4.79 Å². The van der Waals surface area contributed by atoms with Gasteiger partial charge in [0, 0.05) is 19.6 Å². The standard InChI is InChI=1S/C13H22N2O3/c1-13(2,3)10-7-15(12(18)14(10)4)9-5-8(6-9)11(16)17/h8-10H,5-7H2,1-4H3,(H,16,17). The summed E-state index contributed by atoms with van der Waals surface area (Å²) >= 11 is 0. The summed E-state index contributed by atoms with van der Waals surface area (Å²) in [6, 6.07) is 0.367. The van der Waals surface area contributed by atoms with Gasteiger partial charge in [0.15, 0.2) is 0 Å². The first-order valence-electron chi connectivity index (χ1n) is 6.48. The SMILES string of the molecule is CN1C(=O)N(C2CC(C(=O)O)C2)CC1C(C)(C)C. The van der Waals surface area contributed by atoms with E-state index in [1.807, 2.05) is 11.9 Å². The summed E-state index contributed by atoms with van der Waals surface area (Å²) in [6.45, 7) is 7.11. The van der Waals surface area contributed by atoms with Gasteiger partial charge in [-0.2, -0.15) is 0 Å². The molecule has 1 aliphatic heterocycles. The van der Waals surface area contributed by atoms with Crippen LogP contribution >= 0.6 is 0 Å². The Morgan fingerprint density at radius 1 is 1.33 bits per heavy atom. The lowest BCUT2D eigenvalue weighted by molar-refractivity contribution is -0.146. The number of aliphatic carboxylic acids is 1. The zero-order valence-electron chi connectivity index (χ0n) is 11.5. The van der Waals surface area contributed by atoms with Gasteiger partial charge in [0.05, 0.1) is 12.0 Å². The predicted octanol–water partition coefficient (Wildman–Crippen LogP) is 1.63. The normalized spacial score (nSPS) is 32.7. The second kappa shape index (κ2) is 4.14. The average molecular weight is 254 g/mol. The van der Waals surface area contributed by atoms with E-state index in [0.717, 1.165) is 6.54 Å². The van der Waals surface area contributed by atoms with Crippen LogP contribution in [0.15, 0.2) is 0 Å². The van der Waals surface area contributed by atoms with Gasteiger partial charge in [-0.15, -0.1) is 0 Å². The van der Waals surface area contributed by atoms with Crippen molar-refractivity contribution in [2.45, 2.75) is 45.7 Å². The van der Waals surface area contributed by atoms with Gasteiger partial charge in [0.1, 0.15) is 0 Å². The molecule has 1 N–H and O–H groups in total. The van der Waals surface area contributed by atoms with Crippen LogP contribution in [0.5, 0.6) is 0 Å². The maximum absolute atomic E-state index is 12.2. The van der Waals surface area contributed by atoms with Crippen LogP contribution < -0.4 is 0 Å². The Morgan fingerprint density at radius 3 is 2.28 bits per heavy atom. The molecule has 18 heavy (non-hydrogen) atoms. The first kappa shape index (κ1) is 13.2. The molecule has 2 rings (SSSR count). The molecule has 0 aromatic heterocycles. The number of urea groups is 1. The molecule has 102 valence electrons. The molecule has 1 aliphatic carbocycles. The molecule has 1 saturated heterocycles. The van der Waals surface area contributed by atoms with E-state index in [1.165, 1.54) is 0 Å².